The molecule has 2 fully saturated rings. The molecule has 0 bridgehead atoms. The number of hydrogen-bond acceptors (Lipinski definition) is 6. The molecule has 1 saturated heterocycles. The van der Waals surface area contributed by atoms with Crippen LogP contribution in [0.2, 0.25) is 0 Å². The molecule has 1 saturated carbocycles. The molecule has 0 unspecified atom stereocenters. The number of unbranched alkanes of at least 4 members (excludes halogenated alkanes) is 3. The summed E-state index contributed by atoms with van der Waals surface area (Å²) >= 11 is 0. The van der Waals surface area contributed by atoms with E-state index < -0.39 is 5.97 Å². The number of rotatable bonds is 14. The first kappa shape index (κ1) is 26.9. The summed E-state index contributed by atoms with van der Waals surface area (Å²) < 4.78 is 5.90. The van der Waals surface area contributed by atoms with Crippen molar-refractivity contribution in [1.82, 2.24) is 15.1 Å². The molecule has 0 radical (unpaired) electrons. The topological polar surface area (TPSA) is 112 Å². The highest BCUT2D eigenvalue weighted by atomic mass is 16.5. The lowest BCUT2D eigenvalue weighted by Crippen LogP contribution is -2.36. The number of nitrogens with one attached hydrogen (secondary N) is 1. The minimum absolute atomic E-state index is 0.0396. The fourth-order valence-electron chi connectivity index (χ4n) is 5.50. The van der Waals surface area contributed by atoms with Crippen molar-refractivity contribution in [2.24, 2.45) is 10.9 Å². The highest BCUT2D eigenvalue weighted by Crippen LogP contribution is 2.30. The van der Waals surface area contributed by atoms with Crippen molar-refractivity contribution in [3.05, 3.63) is 23.8 Å². The molecule has 2 amide bonds. The number of nitrogens with zero attached hydrogens (tertiary/aromatic N) is 3. The normalized spacial score (nSPS) is 17.0. The van der Waals surface area contributed by atoms with Gasteiger partial charge in [-0.1, -0.05) is 44.9 Å². The Hall–Kier alpha value is -3.10. The Labute approximate surface area is 219 Å². The molecule has 202 valence electrons. The number of guanidine groups is 1. The van der Waals surface area contributed by atoms with Crippen molar-refractivity contribution in [2.45, 2.75) is 83.6 Å². The van der Waals surface area contributed by atoms with Crippen LogP contribution in [-0.2, 0) is 20.9 Å². The number of aliphatic imine (C=N–C) groups is 1. The average molecular weight is 513 g/mol. The van der Waals surface area contributed by atoms with Gasteiger partial charge in [-0.2, -0.15) is 0 Å². The van der Waals surface area contributed by atoms with Crippen molar-refractivity contribution in [2.75, 3.05) is 26.2 Å². The molecule has 2 N–H and O–H groups in total. The van der Waals surface area contributed by atoms with Gasteiger partial charge in [0.25, 0.3) is 0 Å². The van der Waals surface area contributed by atoms with E-state index in [9.17, 15) is 19.5 Å². The largest absolute Gasteiger partial charge is 0.494 e. The summed E-state index contributed by atoms with van der Waals surface area (Å²) in [7, 11) is 0. The van der Waals surface area contributed by atoms with Crippen molar-refractivity contribution in [3.63, 3.8) is 0 Å². The van der Waals surface area contributed by atoms with Gasteiger partial charge in [0.1, 0.15) is 18.8 Å². The van der Waals surface area contributed by atoms with Crippen molar-refractivity contribution in [3.8, 4) is 5.75 Å². The molecule has 1 aromatic rings. The van der Waals surface area contributed by atoms with Gasteiger partial charge in [0, 0.05) is 25.1 Å². The number of carboxylic acid groups (broad SMARTS) is 1. The second-order valence-corrected chi connectivity index (χ2v) is 10.5. The summed E-state index contributed by atoms with van der Waals surface area (Å²) in [6, 6.07) is 5.77. The van der Waals surface area contributed by atoms with Gasteiger partial charge in [0.15, 0.2) is 0 Å². The molecule has 2 aliphatic heterocycles. The summed E-state index contributed by atoms with van der Waals surface area (Å²) in [6.45, 7) is 1.82. The quantitative estimate of drug-likeness (QED) is 0.361. The Balaban J connectivity index is 1.11. The molecule has 3 aliphatic rings. The monoisotopic (exact) mass is 512 g/mol. The van der Waals surface area contributed by atoms with Gasteiger partial charge < -0.3 is 19.6 Å². The number of benzene rings is 1. The molecule has 1 aromatic carbocycles. The molecule has 9 nitrogen and oxygen atoms in total. The Bertz CT molecular complexity index is 989. The van der Waals surface area contributed by atoms with E-state index in [-0.39, 0.29) is 18.4 Å². The zero-order valence-electron chi connectivity index (χ0n) is 21.8. The van der Waals surface area contributed by atoms with Crippen LogP contribution in [0.1, 0.15) is 82.6 Å². The molecule has 4 rings (SSSR count). The van der Waals surface area contributed by atoms with E-state index in [0.717, 1.165) is 55.0 Å². The van der Waals surface area contributed by atoms with E-state index in [1.54, 1.807) is 0 Å². The number of carboxylic acids is 1. The van der Waals surface area contributed by atoms with Gasteiger partial charge in [-0.05, 0) is 49.8 Å². The third-order valence-electron chi connectivity index (χ3n) is 7.52. The van der Waals surface area contributed by atoms with Crippen LogP contribution in [0, 0.1) is 5.92 Å². The first-order chi connectivity index (χ1) is 18.0. The summed E-state index contributed by atoms with van der Waals surface area (Å²) in [5, 5.41) is 12.0. The van der Waals surface area contributed by atoms with Crippen molar-refractivity contribution >= 4 is 29.4 Å². The van der Waals surface area contributed by atoms with Crippen molar-refractivity contribution < 1.29 is 24.2 Å². The van der Waals surface area contributed by atoms with Crippen molar-refractivity contribution in [1.29, 1.82) is 0 Å². The third-order valence-corrected chi connectivity index (χ3v) is 7.52. The molecule has 1 aliphatic carbocycles. The molecule has 0 atom stereocenters. The first-order valence-electron chi connectivity index (χ1n) is 13.9. The molecule has 2 heterocycles. The van der Waals surface area contributed by atoms with Gasteiger partial charge >= 0.3 is 5.97 Å². The van der Waals surface area contributed by atoms with E-state index in [1.165, 1.54) is 43.4 Å². The second kappa shape index (κ2) is 13.4. The van der Waals surface area contributed by atoms with Gasteiger partial charge in [-0.25, -0.2) is 4.99 Å². The summed E-state index contributed by atoms with van der Waals surface area (Å²) in [5.41, 5.74) is 1.87. The molecule has 0 spiro atoms. The second-order valence-electron chi connectivity index (χ2n) is 10.5. The average Bonchev–Trinajstić information content (AvgIpc) is 3.25. The minimum Gasteiger partial charge on any atom is -0.494 e. The SMILES string of the molecule is O=C(O)CN(CCCCC1CCCCC1)C(=O)CCCCCOc1ccc2c(c1)CN1CC(=O)NC1=N2. The maximum absolute atomic E-state index is 12.7. The first-order valence-corrected chi connectivity index (χ1v) is 13.9. The molecule has 0 aromatic heterocycles. The van der Waals surface area contributed by atoms with Gasteiger partial charge in [0.2, 0.25) is 17.8 Å². The number of carbonyl (C=O) groups is 3. The molecule has 37 heavy (non-hydrogen) atoms. The Morgan fingerprint density at radius 2 is 1.92 bits per heavy atom. The maximum Gasteiger partial charge on any atom is 0.323 e. The van der Waals surface area contributed by atoms with Crippen LogP contribution < -0.4 is 10.1 Å². The fourth-order valence-corrected chi connectivity index (χ4v) is 5.50. The lowest BCUT2D eigenvalue weighted by Gasteiger charge is -2.23. The lowest BCUT2D eigenvalue weighted by molar-refractivity contribution is -0.144. The fraction of sp³-hybridized carbons (Fsp3) is 0.643. The number of aliphatic carboxylic acids is 1. The van der Waals surface area contributed by atoms with Gasteiger partial charge in [-0.15, -0.1) is 0 Å². The van der Waals surface area contributed by atoms with E-state index in [4.69, 9.17) is 4.74 Å². The smallest absolute Gasteiger partial charge is 0.323 e. The Morgan fingerprint density at radius 3 is 2.73 bits per heavy atom. The Kier molecular flexibility index (Phi) is 9.79. The van der Waals surface area contributed by atoms with Crippen LogP contribution in [0.25, 0.3) is 0 Å². The van der Waals surface area contributed by atoms with E-state index in [2.05, 4.69) is 10.3 Å². The highest BCUT2D eigenvalue weighted by Gasteiger charge is 2.29. The third kappa shape index (κ3) is 8.20. The van der Waals surface area contributed by atoms with Crippen LogP contribution >= 0.6 is 0 Å². The van der Waals surface area contributed by atoms with Gasteiger partial charge in [-0.3, -0.25) is 19.7 Å². The highest BCUT2D eigenvalue weighted by molar-refractivity contribution is 6.05. The van der Waals surface area contributed by atoms with E-state index >= 15 is 0 Å². The number of hydrogen-bond donors (Lipinski definition) is 2. The lowest BCUT2D eigenvalue weighted by atomic mass is 9.86. The number of ether oxygens (including phenoxy) is 1. The molecular formula is C28H40N4O5. The van der Waals surface area contributed by atoms with E-state index in [0.29, 0.717) is 38.6 Å². The van der Waals surface area contributed by atoms with Gasteiger partial charge in [0.05, 0.1) is 12.3 Å². The maximum atomic E-state index is 12.7. The molecular weight excluding hydrogens is 472 g/mol. The van der Waals surface area contributed by atoms with Crippen LogP contribution in [0.4, 0.5) is 5.69 Å². The predicted octanol–water partition coefficient (Wildman–Crippen LogP) is 4.22. The summed E-state index contributed by atoms with van der Waals surface area (Å²) in [4.78, 5) is 43.4. The summed E-state index contributed by atoms with van der Waals surface area (Å²) in [6.07, 6.45) is 12.6. The van der Waals surface area contributed by atoms with Crippen LogP contribution in [0.15, 0.2) is 23.2 Å². The molecule has 9 heteroatoms. The minimum atomic E-state index is -0.950. The van der Waals surface area contributed by atoms with Crippen LogP contribution in [0.3, 0.4) is 0 Å². The predicted molar refractivity (Wildman–Crippen MR) is 141 cm³/mol. The van der Waals surface area contributed by atoms with E-state index in [1.807, 2.05) is 23.1 Å². The van der Waals surface area contributed by atoms with Crippen LogP contribution in [-0.4, -0.2) is 64.9 Å². The zero-order chi connectivity index (χ0) is 26.0. The Morgan fingerprint density at radius 1 is 1.08 bits per heavy atom. The number of fused-ring (bicyclic) bond motifs is 2. The number of carbonyl (C=O) groups excluding carboxylic acids is 2. The number of amides is 2. The zero-order valence-corrected chi connectivity index (χ0v) is 21.8. The summed E-state index contributed by atoms with van der Waals surface area (Å²) in [5.74, 6) is 1.14. The van der Waals surface area contributed by atoms with Crippen LogP contribution in [0.5, 0.6) is 5.75 Å². The standard InChI is InChI=1S/C28H40N4O5/c33-25-19-32-18-22-17-23(13-14-24(22)29-28(32)30-25)37-16-8-2-5-12-26(34)31(20-27(35)36)15-7-6-11-21-9-3-1-4-10-21/h13-14,17,21H,1-12,15-16,18-20H2,(H,35,36)(H,29,30,33).